The molecule has 2 aliphatic heterocycles. The van der Waals surface area contributed by atoms with Crippen LogP contribution in [-0.4, -0.2) is 97.1 Å². The quantitative estimate of drug-likeness (QED) is 0.337. The van der Waals surface area contributed by atoms with Gasteiger partial charge in [-0.05, 0) is 46.0 Å². The highest BCUT2D eigenvalue weighted by Crippen LogP contribution is 2.44. The van der Waals surface area contributed by atoms with Gasteiger partial charge in [0.25, 0.3) is 0 Å². The molecule has 1 aromatic heterocycles. The third kappa shape index (κ3) is 7.31. The zero-order chi connectivity index (χ0) is 31.7. The second-order valence-corrected chi connectivity index (χ2v) is 11.4. The number of anilines is 1. The van der Waals surface area contributed by atoms with Crippen molar-refractivity contribution >= 4 is 34.9 Å². The van der Waals surface area contributed by atoms with Gasteiger partial charge < -0.3 is 35.4 Å². The molecular weight excluding hydrogens is 593 g/mol. The highest BCUT2D eigenvalue weighted by atomic mass is 35.5. The number of Topliss-reactive ketones (excluding diaryl/α,β-unsaturated/α-hetero) is 1. The summed E-state index contributed by atoms with van der Waals surface area (Å²) in [7, 11) is 1.72. The van der Waals surface area contributed by atoms with E-state index in [0.29, 0.717) is 53.0 Å². The number of hydrogen-bond donors (Lipinski definition) is 3. The minimum Gasteiger partial charge on any atom is -0.491 e. The number of carbonyl (C=O) groups excluding carboxylic acids is 2. The van der Waals surface area contributed by atoms with Crippen LogP contribution in [0.4, 0.5) is 23.8 Å². The number of alkyl halides is 3. The SMILES string of the molecule is CNC[C@@H](O)COc1ccc(Cl)c(-c2nc(C(C(C)=O)=C(C)N)c(C)c(N3CC4(CN(C(=O)OCC(F)(F)F)C4)C3)n2)c1. The van der Waals surface area contributed by atoms with E-state index in [1.807, 2.05) is 4.90 Å². The Morgan fingerprint density at radius 3 is 2.47 bits per heavy atom. The Hall–Kier alpha value is -3.62. The zero-order valence-corrected chi connectivity index (χ0v) is 25.0. The number of nitrogens with one attached hydrogen (secondary N) is 1. The number of hydrogen-bond acceptors (Lipinski definition) is 10. The topological polar surface area (TPSA) is 143 Å². The van der Waals surface area contributed by atoms with Gasteiger partial charge in [0, 0.05) is 55.0 Å². The summed E-state index contributed by atoms with van der Waals surface area (Å²) in [5.41, 5.74) is 7.67. The van der Waals surface area contributed by atoms with Crippen molar-refractivity contribution in [1.29, 1.82) is 0 Å². The predicted octanol–water partition coefficient (Wildman–Crippen LogP) is 3.16. The molecule has 1 atom stereocenters. The largest absolute Gasteiger partial charge is 0.491 e. The number of benzene rings is 1. The van der Waals surface area contributed by atoms with Crippen LogP contribution in [-0.2, 0) is 9.53 Å². The first-order chi connectivity index (χ1) is 20.1. The minimum atomic E-state index is -4.59. The average molecular weight is 627 g/mol. The number of halogens is 4. The molecule has 3 heterocycles. The second-order valence-electron chi connectivity index (χ2n) is 11.0. The first kappa shape index (κ1) is 32.3. The molecule has 15 heteroatoms. The number of likely N-dealkylation sites (tertiary alicyclic amines) is 1. The van der Waals surface area contributed by atoms with Crippen LogP contribution in [0.25, 0.3) is 17.0 Å². The van der Waals surface area contributed by atoms with E-state index in [9.17, 15) is 27.9 Å². The summed E-state index contributed by atoms with van der Waals surface area (Å²) in [5, 5.41) is 13.2. The molecule has 4 rings (SSSR count). The molecule has 4 N–H and O–H groups in total. The molecule has 234 valence electrons. The molecule has 0 radical (unpaired) electrons. The molecule has 2 aliphatic rings. The van der Waals surface area contributed by atoms with Crippen molar-refractivity contribution in [2.45, 2.75) is 33.1 Å². The number of aliphatic hydroxyl groups is 1. The van der Waals surface area contributed by atoms with E-state index in [0.717, 1.165) is 0 Å². The van der Waals surface area contributed by atoms with Crippen LogP contribution in [0.15, 0.2) is 23.9 Å². The Kier molecular flexibility index (Phi) is 9.42. The Balaban J connectivity index is 1.62. The van der Waals surface area contributed by atoms with Crippen LogP contribution in [0.5, 0.6) is 5.75 Å². The van der Waals surface area contributed by atoms with E-state index in [4.69, 9.17) is 32.0 Å². The lowest BCUT2D eigenvalue weighted by atomic mass is 9.73. The Bertz CT molecular complexity index is 1420. The van der Waals surface area contributed by atoms with Crippen LogP contribution in [0.2, 0.25) is 5.02 Å². The van der Waals surface area contributed by atoms with Crippen molar-refractivity contribution in [3.8, 4) is 17.1 Å². The fourth-order valence-electron chi connectivity index (χ4n) is 5.30. The van der Waals surface area contributed by atoms with Crippen molar-refractivity contribution in [1.82, 2.24) is 20.2 Å². The van der Waals surface area contributed by atoms with E-state index in [2.05, 4.69) is 10.1 Å². The lowest BCUT2D eigenvalue weighted by Crippen LogP contribution is -2.73. The summed E-state index contributed by atoms with van der Waals surface area (Å²) in [6.07, 6.45) is -6.33. The maximum absolute atomic E-state index is 12.6. The van der Waals surface area contributed by atoms with E-state index >= 15 is 0 Å². The molecule has 11 nitrogen and oxygen atoms in total. The summed E-state index contributed by atoms with van der Waals surface area (Å²) in [6.45, 7) is 4.94. The Labute approximate surface area is 251 Å². The maximum Gasteiger partial charge on any atom is 0.422 e. The molecule has 0 unspecified atom stereocenters. The van der Waals surface area contributed by atoms with Crippen molar-refractivity contribution < 1.29 is 37.3 Å². The lowest BCUT2D eigenvalue weighted by molar-refractivity contribution is -0.165. The number of ketones is 1. The molecule has 1 amide bonds. The van der Waals surface area contributed by atoms with Gasteiger partial charge in [0.2, 0.25) is 0 Å². The highest BCUT2D eigenvalue weighted by molar-refractivity contribution is 6.33. The van der Waals surface area contributed by atoms with Gasteiger partial charge in [-0.25, -0.2) is 14.8 Å². The van der Waals surface area contributed by atoms with Crippen molar-refractivity contribution in [3.63, 3.8) is 0 Å². The fourth-order valence-corrected chi connectivity index (χ4v) is 5.50. The fraction of sp³-hybridized carbons (Fsp3) is 0.500. The van der Waals surface area contributed by atoms with Gasteiger partial charge in [0.15, 0.2) is 18.2 Å². The summed E-state index contributed by atoms with van der Waals surface area (Å²) < 4.78 is 47.4. The van der Waals surface area contributed by atoms with Gasteiger partial charge in [0.05, 0.1) is 16.3 Å². The number of aliphatic hydroxyl groups excluding tert-OH is 1. The number of amides is 1. The zero-order valence-electron chi connectivity index (χ0n) is 24.2. The molecule has 1 spiro atoms. The van der Waals surface area contributed by atoms with E-state index in [-0.39, 0.29) is 48.0 Å². The number of likely N-dealkylation sites (N-methyl/N-ethyl adjacent to an activating group) is 1. The van der Waals surface area contributed by atoms with Gasteiger partial charge >= 0.3 is 12.3 Å². The molecule has 2 fully saturated rings. The number of aromatic nitrogens is 2. The molecule has 2 aromatic rings. The predicted molar refractivity (Wildman–Crippen MR) is 154 cm³/mol. The monoisotopic (exact) mass is 626 g/mol. The van der Waals surface area contributed by atoms with Gasteiger partial charge in [-0.3, -0.25) is 4.79 Å². The second kappa shape index (κ2) is 12.5. The first-order valence-electron chi connectivity index (χ1n) is 13.5. The molecule has 0 bridgehead atoms. The molecule has 0 aliphatic carbocycles. The summed E-state index contributed by atoms with van der Waals surface area (Å²) in [6, 6.07) is 4.92. The van der Waals surface area contributed by atoms with Crippen molar-refractivity contribution in [2.75, 3.05) is 57.9 Å². The Morgan fingerprint density at radius 2 is 1.88 bits per heavy atom. The third-order valence-electron chi connectivity index (χ3n) is 7.19. The van der Waals surface area contributed by atoms with Gasteiger partial charge in [-0.15, -0.1) is 0 Å². The third-order valence-corrected chi connectivity index (χ3v) is 7.52. The standard InChI is InChI=1S/C28H34ClF3N6O5/c1-15-23(22(16(2)33)17(3)39)35-24(20-7-19(5-6-21(20)29)42-9-18(40)8-34-4)36-25(15)37-10-27(11-37)12-38(13-27)26(41)43-14-28(30,31)32/h5-7,18,34,40H,8-14,33H2,1-4H3/t18-/m1/s1. The van der Waals surface area contributed by atoms with E-state index < -0.39 is 25.0 Å². The van der Waals surface area contributed by atoms with Crippen LogP contribution in [0.1, 0.15) is 25.1 Å². The van der Waals surface area contributed by atoms with Gasteiger partial charge in [0.1, 0.15) is 24.3 Å². The first-order valence-corrected chi connectivity index (χ1v) is 13.9. The summed E-state index contributed by atoms with van der Waals surface area (Å²) >= 11 is 6.56. The number of allylic oxidation sites excluding steroid dienone is 2. The number of nitrogens with two attached hydrogens (primary N) is 1. The van der Waals surface area contributed by atoms with Crippen LogP contribution < -0.4 is 20.7 Å². The molecule has 1 aromatic carbocycles. The smallest absolute Gasteiger partial charge is 0.422 e. The van der Waals surface area contributed by atoms with Crippen molar-refractivity contribution in [2.24, 2.45) is 11.1 Å². The summed E-state index contributed by atoms with van der Waals surface area (Å²) in [4.78, 5) is 37.3. The number of carbonyl (C=O) groups is 2. The minimum absolute atomic E-state index is 0.0351. The summed E-state index contributed by atoms with van der Waals surface area (Å²) in [5.74, 6) is 0.880. The normalized spacial score (nSPS) is 17.1. The number of nitrogens with zero attached hydrogens (tertiary/aromatic N) is 4. The van der Waals surface area contributed by atoms with Crippen LogP contribution in [0.3, 0.4) is 0 Å². The molecule has 43 heavy (non-hydrogen) atoms. The van der Waals surface area contributed by atoms with E-state index in [1.54, 1.807) is 39.1 Å². The molecular formula is C28H34ClF3N6O5. The molecule has 2 saturated heterocycles. The Morgan fingerprint density at radius 1 is 1.21 bits per heavy atom. The highest BCUT2D eigenvalue weighted by Gasteiger charge is 2.54. The van der Waals surface area contributed by atoms with Gasteiger partial charge in [-0.1, -0.05) is 11.6 Å². The van der Waals surface area contributed by atoms with Crippen LogP contribution >= 0.6 is 11.6 Å². The van der Waals surface area contributed by atoms with Gasteiger partial charge in [-0.2, -0.15) is 13.2 Å². The molecule has 0 saturated carbocycles. The average Bonchev–Trinajstić information content (AvgIpc) is 2.86. The van der Waals surface area contributed by atoms with E-state index in [1.165, 1.54) is 11.8 Å². The number of rotatable bonds is 10. The van der Waals surface area contributed by atoms with Crippen molar-refractivity contribution in [3.05, 3.63) is 40.2 Å². The number of ether oxygens (including phenoxy) is 2. The lowest BCUT2D eigenvalue weighted by Gasteiger charge is -2.60. The maximum atomic E-state index is 12.6. The van der Waals surface area contributed by atoms with Crippen LogP contribution in [0, 0.1) is 12.3 Å².